The molecule has 0 aromatic heterocycles. The molecule has 43 heavy (non-hydrogen) atoms. The van der Waals surface area contributed by atoms with Crippen LogP contribution in [0.4, 0.5) is 15.8 Å². The predicted molar refractivity (Wildman–Crippen MR) is 178 cm³/mol. The lowest BCUT2D eigenvalue weighted by Gasteiger charge is -2.16. The summed E-state index contributed by atoms with van der Waals surface area (Å²) >= 11 is 5.00. The van der Waals surface area contributed by atoms with Crippen molar-refractivity contribution in [2.45, 2.75) is 40.2 Å². The Morgan fingerprint density at radius 3 is 2.07 bits per heavy atom. The summed E-state index contributed by atoms with van der Waals surface area (Å²) in [5.41, 5.74) is 5.57. The van der Waals surface area contributed by atoms with E-state index in [1.165, 1.54) is 35.0 Å². The third-order valence-corrected chi connectivity index (χ3v) is 8.59. The van der Waals surface area contributed by atoms with E-state index in [2.05, 4.69) is 41.9 Å². The summed E-state index contributed by atoms with van der Waals surface area (Å²) in [6.07, 6.45) is 3.71. The van der Waals surface area contributed by atoms with Gasteiger partial charge in [0.15, 0.2) is 16.7 Å². The molecule has 4 aromatic carbocycles. The molecule has 0 spiro atoms. The van der Waals surface area contributed by atoms with E-state index in [1.807, 2.05) is 61.5 Å². The molecule has 1 aliphatic heterocycles. The molecule has 1 aliphatic rings. The van der Waals surface area contributed by atoms with E-state index >= 15 is 0 Å². The van der Waals surface area contributed by atoms with Crippen molar-refractivity contribution in [3.05, 3.63) is 122 Å². The van der Waals surface area contributed by atoms with Gasteiger partial charge in [0, 0.05) is 4.47 Å². The molecular formula is C35H32BrFN2O3S. The van der Waals surface area contributed by atoms with Gasteiger partial charge < -0.3 is 9.47 Å². The van der Waals surface area contributed by atoms with Crippen molar-refractivity contribution in [2.75, 3.05) is 11.5 Å². The first kappa shape index (κ1) is 30.6. The van der Waals surface area contributed by atoms with E-state index in [-0.39, 0.29) is 18.3 Å². The van der Waals surface area contributed by atoms with Crippen molar-refractivity contribution in [2.24, 2.45) is 4.99 Å². The van der Waals surface area contributed by atoms with E-state index in [0.717, 1.165) is 39.8 Å². The Bertz CT molecular complexity index is 1650. The minimum Gasteiger partial charge on any atom is -0.490 e. The standard InChI is InChI=1S/C35H32BrFN2O3S/c1-4-23-9-15-28(16-10-23)38-35-39(29-17-11-24(5-2)12-18-29)34(40)33(43-35)20-26-19-31(41-6-3)32(21-30(26)36)42-22-25-7-13-27(37)14-8-25/h7-21H,4-6,22H2,1-3H3/b33-20-,38-35?. The second-order valence-electron chi connectivity index (χ2n) is 9.85. The largest absolute Gasteiger partial charge is 0.490 e. The quantitative estimate of drug-likeness (QED) is 0.159. The van der Waals surface area contributed by atoms with Crippen molar-refractivity contribution in [3.63, 3.8) is 0 Å². The van der Waals surface area contributed by atoms with Crippen LogP contribution in [-0.4, -0.2) is 17.7 Å². The molecule has 0 atom stereocenters. The van der Waals surface area contributed by atoms with E-state index < -0.39 is 0 Å². The highest BCUT2D eigenvalue weighted by molar-refractivity contribution is 9.10. The average Bonchev–Trinajstić information content (AvgIpc) is 3.32. The number of ether oxygens (including phenoxy) is 2. The Morgan fingerprint density at radius 2 is 1.44 bits per heavy atom. The fraction of sp³-hybridized carbons (Fsp3) is 0.200. The van der Waals surface area contributed by atoms with Gasteiger partial charge >= 0.3 is 0 Å². The number of carbonyl (C=O) groups is 1. The molecule has 1 heterocycles. The van der Waals surface area contributed by atoms with Crippen LogP contribution >= 0.6 is 27.7 Å². The first-order valence-corrected chi connectivity index (χ1v) is 15.8. The van der Waals surface area contributed by atoms with Gasteiger partial charge in [-0.15, -0.1) is 0 Å². The first-order chi connectivity index (χ1) is 20.9. The second-order valence-corrected chi connectivity index (χ2v) is 11.7. The van der Waals surface area contributed by atoms with Gasteiger partial charge in [0.25, 0.3) is 5.91 Å². The maximum absolute atomic E-state index is 13.9. The third kappa shape index (κ3) is 7.37. The van der Waals surface area contributed by atoms with Crippen LogP contribution in [0.15, 0.2) is 99.3 Å². The van der Waals surface area contributed by atoms with Crippen molar-refractivity contribution in [1.29, 1.82) is 0 Å². The number of hydrogen-bond donors (Lipinski definition) is 0. The van der Waals surface area contributed by atoms with Crippen LogP contribution in [0.3, 0.4) is 0 Å². The van der Waals surface area contributed by atoms with Crippen LogP contribution < -0.4 is 14.4 Å². The zero-order valence-corrected chi connectivity index (χ0v) is 26.7. The molecule has 0 aliphatic carbocycles. The molecule has 8 heteroatoms. The van der Waals surface area contributed by atoms with Gasteiger partial charge in [-0.05, 0) is 108 Å². The Morgan fingerprint density at radius 1 is 0.837 bits per heavy atom. The van der Waals surface area contributed by atoms with Gasteiger partial charge in [0.1, 0.15) is 12.4 Å². The van der Waals surface area contributed by atoms with Gasteiger partial charge in [-0.25, -0.2) is 9.38 Å². The maximum atomic E-state index is 13.9. The number of benzene rings is 4. The van der Waals surface area contributed by atoms with Gasteiger partial charge in [-0.2, -0.15) is 0 Å². The van der Waals surface area contributed by atoms with Crippen molar-refractivity contribution in [1.82, 2.24) is 0 Å². The molecule has 0 radical (unpaired) electrons. The van der Waals surface area contributed by atoms with E-state index in [9.17, 15) is 9.18 Å². The first-order valence-electron chi connectivity index (χ1n) is 14.2. The molecule has 0 N–H and O–H groups in total. The highest BCUT2D eigenvalue weighted by atomic mass is 79.9. The van der Waals surface area contributed by atoms with Crippen LogP contribution in [0.2, 0.25) is 0 Å². The molecule has 0 unspecified atom stereocenters. The minimum absolute atomic E-state index is 0.153. The summed E-state index contributed by atoms with van der Waals surface area (Å²) in [4.78, 5) is 21.0. The number of aliphatic imine (C=N–C) groups is 1. The Kier molecular flexibility index (Phi) is 10.00. The van der Waals surface area contributed by atoms with Crippen molar-refractivity contribution >= 4 is 56.2 Å². The summed E-state index contributed by atoms with van der Waals surface area (Å²) in [7, 11) is 0. The van der Waals surface area contributed by atoms with E-state index in [1.54, 1.807) is 17.0 Å². The zero-order valence-electron chi connectivity index (χ0n) is 24.3. The number of nitrogens with zero attached hydrogens (tertiary/aromatic N) is 2. The Hall–Kier alpha value is -3.88. The average molecular weight is 660 g/mol. The molecule has 1 saturated heterocycles. The summed E-state index contributed by atoms with van der Waals surface area (Å²) in [5, 5.41) is 0.588. The van der Waals surface area contributed by atoms with Gasteiger partial charge in [-0.3, -0.25) is 9.69 Å². The monoisotopic (exact) mass is 658 g/mol. The van der Waals surface area contributed by atoms with Crippen molar-refractivity contribution in [3.8, 4) is 11.5 Å². The fourth-order valence-corrected chi connectivity index (χ4v) is 5.93. The number of thioether (sulfide) groups is 1. The van der Waals surface area contributed by atoms with Crippen LogP contribution in [0, 0.1) is 5.82 Å². The third-order valence-electron chi connectivity index (χ3n) is 6.94. The molecule has 5 nitrogen and oxygen atoms in total. The second kappa shape index (κ2) is 14.1. The lowest BCUT2D eigenvalue weighted by Crippen LogP contribution is -2.28. The van der Waals surface area contributed by atoms with Crippen LogP contribution in [0.25, 0.3) is 6.08 Å². The molecule has 1 fully saturated rings. The highest BCUT2D eigenvalue weighted by Gasteiger charge is 2.35. The Labute approximate surface area is 264 Å². The predicted octanol–water partition coefficient (Wildman–Crippen LogP) is 9.50. The number of rotatable bonds is 10. The highest BCUT2D eigenvalue weighted by Crippen LogP contribution is 2.40. The lowest BCUT2D eigenvalue weighted by atomic mass is 10.1. The summed E-state index contributed by atoms with van der Waals surface area (Å²) < 4.78 is 26.0. The number of halogens is 2. The van der Waals surface area contributed by atoms with Gasteiger partial charge in [0.2, 0.25) is 0 Å². The van der Waals surface area contributed by atoms with Crippen LogP contribution in [0.5, 0.6) is 11.5 Å². The topological polar surface area (TPSA) is 51.1 Å². The summed E-state index contributed by atoms with van der Waals surface area (Å²) in [6, 6.07) is 26.0. The zero-order chi connectivity index (χ0) is 30.3. The number of anilines is 1. The lowest BCUT2D eigenvalue weighted by molar-refractivity contribution is -0.113. The SMILES string of the molecule is CCOc1cc(/C=C2\SC(=Nc3ccc(CC)cc3)N(c3ccc(CC)cc3)C2=O)c(Br)cc1OCc1ccc(F)cc1. The van der Waals surface area contributed by atoms with Gasteiger partial charge in [0.05, 0.1) is 22.9 Å². The smallest absolute Gasteiger partial charge is 0.271 e. The molecule has 1 amide bonds. The molecular weight excluding hydrogens is 627 g/mol. The van der Waals surface area contributed by atoms with E-state index in [0.29, 0.717) is 28.2 Å². The maximum Gasteiger partial charge on any atom is 0.271 e. The van der Waals surface area contributed by atoms with Crippen molar-refractivity contribution < 1.29 is 18.7 Å². The number of amidine groups is 1. The molecule has 4 aromatic rings. The van der Waals surface area contributed by atoms with E-state index in [4.69, 9.17) is 14.5 Å². The van der Waals surface area contributed by atoms with Crippen LogP contribution in [-0.2, 0) is 24.2 Å². The number of carbonyl (C=O) groups excluding carboxylic acids is 1. The van der Waals surface area contributed by atoms with Gasteiger partial charge in [-0.1, -0.05) is 66.2 Å². The normalized spacial score (nSPS) is 15.0. The number of hydrogen-bond acceptors (Lipinski definition) is 5. The minimum atomic E-state index is -0.294. The molecule has 220 valence electrons. The summed E-state index contributed by atoms with van der Waals surface area (Å²) in [6.45, 7) is 6.81. The number of amides is 1. The fourth-order valence-electron chi connectivity index (χ4n) is 4.50. The number of aryl methyl sites for hydroxylation is 2. The Balaban J connectivity index is 1.48. The molecule has 0 bridgehead atoms. The molecule has 5 rings (SSSR count). The van der Waals surface area contributed by atoms with Crippen LogP contribution in [0.1, 0.15) is 43.0 Å². The summed E-state index contributed by atoms with van der Waals surface area (Å²) in [5.74, 6) is 0.644. The molecule has 0 saturated carbocycles.